The maximum atomic E-state index is 12.0. The van der Waals surface area contributed by atoms with Crippen LogP contribution in [0.5, 0.6) is 0 Å². The smallest absolute Gasteiger partial charge is 0.239 e. The first-order valence-electron chi connectivity index (χ1n) is 8.02. The first-order chi connectivity index (χ1) is 12.0. The van der Waals surface area contributed by atoms with E-state index in [2.05, 4.69) is 15.6 Å². The van der Waals surface area contributed by atoms with Crippen LogP contribution in [0.2, 0.25) is 5.02 Å². The molecule has 1 aromatic carbocycles. The first kappa shape index (κ1) is 22.3. The predicted octanol–water partition coefficient (Wildman–Crippen LogP) is 2.62. The molecule has 0 atom stereocenters. The molecule has 26 heavy (non-hydrogen) atoms. The lowest BCUT2D eigenvalue weighted by Gasteiger charge is -2.22. The van der Waals surface area contributed by atoms with Crippen molar-refractivity contribution in [3.05, 3.63) is 58.9 Å². The molecule has 0 saturated heterocycles. The monoisotopic (exact) mass is 489 g/mol. The molecule has 0 radical (unpaired) electrons. The third kappa shape index (κ3) is 6.87. The summed E-state index contributed by atoms with van der Waals surface area (Å²) in [6, 6.07) is 11.7. The molecule has 1 aromatic heterocycles. The molecule has 8 heteroatoms. The van der Waals surface area contributed by atoms with Gasteiger partial charge in [-0.2, -0.15) is 0 Å². The van der Waals surface area contributed by atoms with Gasteiger partial charge in [0.05, 0.1) is 18.1 Å². The third-order valence-electron chi connectivity index (χ3n) is 3.79. The maximum absolute atomic E-state index is 12.0. The molecule has 0 unspecified atom stereocenters. The second-order valence-electron chi connectivity index (χ2n) is 5.78. The Kier molecular flexibility index (Phi) is 9.50. The highest BCUT2D eigenvalue weighted by Gasteiger charge is 2.11. The minimum atomic E-state index is -0.0830. The van der Waals surface area contributed by atoms with Gasteiger partial charge in [-0.05, 0) is 11.6 Å². The van der Waals surface area contributed by atoms with Gasteiger partial charge in [-0.3, -0.25) is 9.79 Å². The van der Waals surface area contributed by atoms with E-state index in [1.54, 1.807) is 7.05 Å². The minimum Gasteiger partial charge on any atom is -0.351 e. The Morgan fingerprint density at radius 2 is 1.96 bits per heavy atom. The lowest BCUT2D eigenvalue weighted by Crippen LogP contribution is -2.43. The van der Waals surface area contributed by atoms with Gasteiger partial charge in [0.25, 0.3) is 0 Å². The van der Waals surface area contributed by atoms with Crippen molar-refractivity contribution in [1.29, 1.82) is 0 Å². The van der Waals surface area contributed by atoms with Gasteiger partial charge in [0.15, 0.2) is 5.96 Å². The van der Waals surface area contributed by atoms with Gasteiger partial charge in [0.2, 0.25) is 5.91 Å². The van der Waals surface area contributed by atoms with Crippen molar-refractivity contribution in [3.63, 3.8) is 0 Å². The summed E-state index contributed by atoms with van der Waals surface area (Å²) < 4.78 is 1.97. The predicted molar refractivity (Wildman–Crippen MR) is 117 cm³/mol. The zero-order valence-electron chi connectivity index (χ0n) is 15.2. The molecular formula is C18H25ClIN5O. The van der Waals surface area contributed by atoms with Crippen molar-refractivity contribution in [3.8, 4) is 0 Å². The largest absolute Gasteiger partial charge is 0.351 e. The number of nitrogens with one attached hydrogen (secondary N) is 2. The Balaban J connectivity index is 0.00000338. The second kappa shape index (κ2) is 11.1. The highest BCUT2D eigenvalue weighted by atomic mass is 127. The number of carbonyl (C=O) groups is 1. The number of benzene rings is 1. The molecule has 0 aliphatic carbocycles. The molecule has 2 aromatic rings. The van der Waals surface area contributed by atoms with E-state index in [0.717, 1.165) is 11.3 Å². The average Bonchev–Trinajstić information content (AvgIpc) is 2.91. The molecule has 2 N–H and O–H groups in total. The molecule has 0 saturated carbocycles. The highest BCUT2D eigenvalue weighted by molar-refractivity contribution is 14.0. The van der Waals surface area contributed by atoms with Crippen molar-refractivity contribution in [2.45, 2.75) is 13.1 Å². The van der Waals surface area contributed by atoms with E-state index in [0.29, 0.717) is 24.1 Å². The van der Waals surface area contributed by atoms with Gasteiger partial charge in [0.1, 0.15) is 0 Å². The van der Waals surface area contributed by atoms with Crippen LogP contribution in [0.15, 0.2) is 47.6 Å². The van der Waals surface area contributed by atoms with E-state index in [9.17, 15) is 4.79 Å². The van der Waals surface area contributed by atoms with Crippen molar-refractivity contribution in [1.82, 2.24) is 20.1 Å². The van der Waals surface area contributed by atoms with Crippen LogP contribution < -0.4 is 10.6 Å². The van der Waals surface area contributed by atoms with Gasteiger partial charge >= 0.3 is 0 Å². The Hall–Kier alpha value is -1.74. The highest BCUT2D eigenvalue weighted by Crippen LogP contribution is 2.14. The average molecular weight is 490 g/mol. The van der Waals surface area contributed by atoms with Crippen LogP contribution in [-0.4, -0.2) is 42.0 Å². The molecule has 0 aliphatic rings. The number of aromatic nitrogens is 1. The number of hydrogen-bond acceptors (Lipinski definition) is 2. The maximum Gasteiger partial charge on any atom is 0.239 e. The SMILES string of the molecule is CN=C(NCC(=O)NCc1ccccc1)N(C)Cc1cc(Cl)cn1C.I. The Bertz CT molecular complexity index is 732. The molecule has 1 heterocycles. The van der Waals surface area contributed by atoms with E-state index in [1.807, 2.05) is 66.2 Å². The van der Waals surface area contributed by atoms with E-state index in [-0.39, 0.29) is 36.4 Å². The molecule has 0 spiro atoms. The van der Waals surface area contributed by atoms with Crippen LogP contribution in [0.1, 0.15) is 11.3 Å². The van der Waals surface area contributed by atoms with Gasteiger partial charge in [-0.25, -0.2) is 0 Å². The van der Waals surface area contributed by atoms with Crippen molar-refractivity contribution in [2.24, 2.45) is 12.0 Å². The van der Waals surface area contributed by atoms with Crippen LogP contribution in [-0.2, 0) is 24.9 Å². The topological polar surface area (TPSA) is 61.7 Å². The summed E-state index contributed by atoms with van der Waals surface area (Å²) in [5, 5.41) is 6.66. The van der Waals surface area contributed by atoms with E-state index in [1.165, 1.54) is 0 Å². The van der Waals surface area contributed by atoms with E-state index in [4.69, 9.17) is 11.6 Å². The Labute approximate surface area is 176 Å². The van der Waals surface area contributed by atoms with Crippen LogP contribution in [0.25, 0.3) is 0 Å². The fourth-order valence-corrected chi connectivity index (χ4v) is 2.72. The number of aryl methyl sites for hydroxylation is 1. The Morgan fingerprint density at radius 1 is 1.27 bits per heavy atom. The molecule has 6 nitrogen and oxygen atoms in total. The molecule has 2 rings (SSSR count). The second-order valence-corrected chi connectivity index (χ2v) is 6.22. The summed E-state index contributed by atoms with van der Waals surface area (Å²) in [7, 11) is 5.55. The quantitative estimate of drug-likeness (QED) is 0.373. The van der Waals surface area contributed by atoms with Crippen LogP contribution in [0.3, 0.4) is 0 Å². The molecule has 1 amide bonds. The van der Waals surface area contributed by atoms with Crippen molar-refractivity contribution >= 4 is 47.4 Å². The standard InChI is InChI=1S/C18H24ClN5O.HI/c1-20-18(24(3)13-16-9-15(19)12-23(16)2)22-11-17(25)21-10-14-7-5-4-6-8-14;/h4-9,12H,10-11,13H2,1-3H3,(H,20,22)(H,21,25);1H. The number of aliphatic imine (C=N–C) groups is 1. The summed E-state index contributed by atoms with van der Waals surface area (Å²) in [5.41, 5.74) is 2.13. The van der Waals surface area contributed by atoms with Crippen LogP contribution in [0.4, 0.5) is 0 Å². The van der Waals surface area contributed by atoms with Crippen molar-refractivity contribution in [2.75, 3.05) is 20.6 Å². The van der Waals surface area contributed by atoms with Crippen molar-refractivity contribution < 1.29 is 4.79 Å². The number of amides is 1. The number of carbonyl (C=O) groups excluding carboxylic acids is 1. The molecule has 0 fully saturated rings. The van der Waals surface area contributed by atoms with Crippen LogP contribution in [0, 0.1) is 0 Å². The number of rotatable bonds is 6. The summed E-state index contributed by atoms with van der Waals surface area (Å²) in [6.45, 7) is 1.31. The fourth-order valence-electron chi connectivity index (χ4n) is 2.44. The summed E-state index contributed by atoms with van der Waals surface area (Å²) in [6.07, 6.45) is 1.86. The zero-order valence-corrected chi connectivity index (χ0v) is 18.3. The van der Waals surface area contributed by atoms with E-state index < -0.39 is 0 Å². The molecular weight excluding hydrogens is 465 g/mol. The summed E-state index contributed by atoms with van der Waals surface area (Å²) in [5.74, 6) is 0.562. The lowest BCUT2D eigenvalue weighted by molar-refractivity contribution is -0.120. The summed E-state index contributed by atoms with van der Waals surface area (Å²) in [4.78, 5) is 18.2. The van der Waals surface area contributed by atoms with Crippen LogP contribution >= 0.6 is 35.6 Å². The summed E-state index contributed by atoms with van der Waals surface area (Å²) >= 11 is 6.01. The molecule has 0 bridgehead atoms. The number of halogens is 2. The van der Waals surface area contributed by atoms with Gasteiger partial charge in [-0.1, -0.05) is 41.9 Å². The fraction of sp³-hybridized carbons (Fsp3) is 0.333. The number of hydrogen-bond donors (Lipinski definition) is 2. The minimum absolute atomic E-state index is 0. The van der Waals surface area contributed by atoms with Gasteiger partial charge < -0.3 is 20.1 Å². The normalized spacial score (nSPS) is 10.8. The Morgan fingerprint density at radius 3 is 2.54 bits per heavy atom. The molecule has 142 valence electrons. The third-order valence-corrected chi connectivity index (χ3v) is 3.99. The number of guanidine groups is 1. The zero-order chi connectivity index (χ0) is 18.2. The van der Waals surface area contributed by atoms with E-state index >= 15 is 0 Å². The van der Waals surface area contributed by atoms with Gasteiger partial charge in [0, 0.05) is 39.6 Å². The first-order valence-corrected chi connectivity index (χ1v) is 8.40. The lowest BCUT2D eigenvalue weighted by atomic mass is 10.2. The number of nitrogens with zero attached hydrogens (tertiary/aromatic N) is 3. The van der Waals surface area contributed by atoms with Gasteiger partial charge in [-0.15, -0.1) is 24.0 Å². The molecule has 0 aliphatic heterocycles.